The predicted molar refractivity (Wildman–Crippen MR) is 85.6 cm³/mol. The second-order valence-corrected chi connectivity index (χ2v) is 6.15. The van der Waals surface area contributed by atoms with Crippen LogP contribution in [0.5, 0.6) is 0 Å². The molecule has 0 radical (unpaired) electrons. The maximum absolute atomic E-state index is 11.1. The minimum atomic E-state index is -0.312. The van der Waals surface area contributed by atoms with Crippen molar-refractivity contribution in [3.05, 3.63) is 70.8 Å². The number of nitrogens with zero attached hydrogens (tertiary/aromatic N) is 1. The van der Waals surface area contributed by atoms with Crippen LogP contribution in [0.3, 0.4) is 0 Å². The van der Waals surface area contributed by atoms with Crippen LogP contribution in [0.1, 0.15) is 28.2 Å². The molecule has 0 aromatic heterocycles. The average Bonchev–Trinajstić information content (AvgIpc) is 2.46. The molecule has 0 N–H and O–H groups in total. The van der Waals surface area contributed by atoms with Gasteiger partial charge in [0.05, 0.1) is 0 Å². The molecule has 2 aromatic rings. The van der Waals surface area contributed by atoms with Crippen LogP contribution in [0.25, 0.3) is 0 Å². The Balaban J connectivity index is 1.98. The lowest BCUT2D eigenvalue weighted by Crippen LogP contribution is -2.30. The zero-order valence-electron chi connectivity index (χ0n) is 12.1. The topological polar surface area (TPSA) is 20.3 Å². The van der Waals surface area contributed by atoms with Crippen LogP contribution in [-0.2, 0) is 17.8 Å². The van der Waals surface area contributed by atoms with Crippen molar-refractivity contribution in [3.63, 3.8) is 0 Å². The van der Waals surface area contributed by atoms with E-state index in [0.29, 0.717) is 12.3 Å². The Labute approximate surface area is 130 Å². The largest absolute Gasteiger partial charge is 0.301 e. The van der Waals surface area contributed by atoms with Gasteiger partial charge in [-0.05, 0) is 40.9 Å². The van der Waals surface area contributed by atoms with Gasteiger partial charge in [0, 0.05) is 25.4 Å². The van der Waals surface area contributed by atoms with Crippen molar-refractivity contribution in [2.45, 2.75) is 18.9 Å². The van der Waals surface area contributed by atoms with Gasteiger partial charge < -0.3 is 4.90 Å². The SMILES string of the molecule is CN1Cc2ccccc2[C@H](c2cccc(CC(=O)Cl)c2)C1. The molecule has 0 unspecified atom stereocenters. The van der Waals surface area contributed by atoms with Crippen LogP contribution >= 0.6 is 11.6 Å². The van der Waals surface area contributed by atoms with Crippen molar-refractivity contribution in [3.8, 4) is 0 Å². The maximum atomic E-state index is 11.1. The number of halogens is 1. The van der Waals surface area contributed by atoms with E-state index in [1.807, 2.05) is 12.1 Å². The second-order valence-electron chi connectivity index (χ2n) is 5.73. The van der Waals surface area contributed by atoms with Gasteiger partial charge >= 0.3 is 0 Å². The van der Waals surface area contributed by atoms with Gasteiger partial charge in [-0.1, -0.05) is 48.5 Å². The number of hydrogen-bond acceptors (Lipinski definition) is 2. The van der Waals surface area contributed by atoms with Crippen molar-refractivity contribution >= 4 is 16.8 Å². The third-order valence-corrected chi connectivity index (χ3v) is 4.20. The Hall–Kier alpha value is -1.64. The molecular formula is C18H18ClNO. The molecule has 0 fully saturated rings. The lowest BCUT2D eigenvalue weighted by molar-refractivity contribution is -0.111. The molecular weight excluding hydrogens is 282 g/mol. The molecule has 1 atom stereocenters. The minimum Gasteiger partial charge on any atom is -0.301 e. The molecule has 1 heterocycles. The lowest BCUT2D eigenvalue weighted by Gasteiger charge is -2.32. The van der Waals surface area contributed by atoms with Gasteiger partial charge in [-0.2, -0.15) is 0 Å². The third kappa shape index (κ3) is 3.17. The van der Waals surface area contributed by atoms with Gasteiger partial charge in [-0.15, -0.1) is 0 Å². The van der Waals surface area contributed by atoms with Crippen LogP contribution in [0.2, 0.25) is 0 Å². The summed E-state index contributed by atoms with van der Waals surface area (Å²) in [6, 6.07) is 16.8. The van der Waals surface area contributed by atoms with Gasteiger partial charge in [0.1, 0.15) is 0 Å². The molecule has 0 saturated carbocycles. The van der Waals surface area contributed by atoms with Crippen molar-refractivity contribution in [2.24, 2.45) is 0 Å². The molecule has 21 heavy (non-hydrogen) atoms. The zero-order valence-corrected chi connectivity index (χ0v) is 12.8. The van der Waals surface area contributed by atoms with Gasteiger partial charge in [-0.25, -0.2) is 0 Å². The standard InChI is InChI=1S/C18H18ClNO/c1-20-11-15-6-2-3-8-16(15)17(12-20)14-7-4-5-13(9-14)10-18(19)21/h2-9,17H,10-12H2,1H3/t17-/m0/s1. The molecule has 3 rings (SSSR count). The molecule has 0 aliphatic carbocycles. The fraction of sp³-hybridized carbons (Fsp3) is 0.278. The second kappa shape index (κ2) is 6.00. The highest BCUT2D eigenvalue weighted by Gasteiger charge is 2.24. The van der Waals surface area contributed by atoms with Gasteiger partial charge in [0.25, 0.3) is 0 Å². The fourth-order valence-electron chi connectivity index (χ4n) is 3.15. The molecule has 0 saturated heterocycles. The maximum Gasteiger partial charge on any atom is 0.226 e. The third-order valence-electron chi connectivity index (χ3n) is 4.06. The molecule has 1 aliphatic heterocycles. The number of likely N-dealkylation sites (N-methyl/N-ethyl adjacent to an activating group) is 1. The molecule has 0 spiro atoms. The molecule has 2 aromatic carbocycles. The van der Waals surface area contributed by atoms with E-state index in [4.69, 9.17) is 11.6 Å². The van der Waals surface area contributed by atoms with Crippen LogP contribution < -0.4 is 0 Å². The number of carbonyl (C=O) groups excluding carboxylic acids is 1. The molecule has 0 bridgehead atoms. The highest BCUT2D eigenvalue weighted by Crippen LogP contribution is 2.33. The number of benzene rings is 2. The summed E-state index contributed by atoms with van der Waals surface area (Å²) in [5, 5.41) is -0.312. The number of rotatable bonds is 3. The highest BCUT2D eigenvalue weighted by molar-refractivity contribution is 6.63. The molecule has 0 amide bonds. The van der Waals surface area contributed by atoms with Crippen molar-refractivity contribution in [1.29, 1.82) is 0 Å². The Morgan fingerprint density at radius 3 is 2.86 bits per heavy atom. The van der Waals surface area contributed by atoms with Gasteiger partial charge in [0.2, 0.25) is 5.24 Å². The van der Waals surface area contributed by atoms with Crippen LogP contribution in [0.4, 0.5) is 0 Å². The van der Waals surface area contributed by atoms with Crippen LogP contribution in [0, 0.1) is 0 Å². The van der Waals surface area contributed by atoms with E-state index in [0.717, 1.165) is 18.7 Å². The van der Waals surface area contributed by atoms with Crippen molar-refractivity contribution < 1.29 is 4.79 Å². The Morgan fingerprint density at radius 1 is 1.24 bits per heavy atom. The first-order valence-electron chi connectivity index (χ1n) is 7.17. The summed E-state index contributed by atoms with van der Waals surface area (Å²) >= 11 is 5.51. The molecule has 1 aliphatic rings. The van der Waals surface area contributed by atoms with Crippen LogP contribution in [0.15, 0.2) is 48.5 Å². The van der Waals surface area contributed by atoms with E-state index in [2.05, 4.69) is 48.3 Å². The Bertz CT molecular complexity index is 668. The Morgan fingerprint density at radius 2 is 2.05 bits per heavy atom. The normalized spacial score (nSPS) is 18.3. The first-order chi connectivity index (χ1) is 10.1. The average molecular weight is 300 g/mol. The quantitative estimate of drug-likeness (QED) is 0.808. The van der Waals surface area contributed by atoms with E-state index in [1.165, 1.54) is 16.7 Å². The van der Waals surface area contributed by atoms with Crippen molar-refractivity contribution in [2.75, 3.05) is 13.6 Å². The molecule has 2 nitrogen and oxygen atoms in total. The lowest BCUT2D eigenvalue weighted by atomic mass is 9.84. The first kappa shape index (κ1) is 14.3. The summed E-state index contributed by atoms with van der Waals surface area (Å²) in [4.78, 5) is 13.4. The summed E-state index contributed by atoms with van der Waals surface area (Å²) < 4.78 is 0. The highest BCUT2D eigenvalue weighted by atomic mass is 35.5. The van der Waals surface area contributed by atoms with E-state index < -0.39 is 0 Å². The monoisotopic (exact) mass is 299 g/mol. The van der Waals surface area contributed by atoms with Crippen molar-refractivity contribution in [1.82, 2.24) is 4.90 Å². The number of fused-ring (bicyclic) bond motifs is 1. The van der Waals surface area contributed by atoms with E-state index in [9.17, 15) is 4.79 Å². The van der Waals surface area contributed by atoms with E-state index in [-0.39, 0.29) is 5.24 Å². The first-order valence-corrected chi connectivity index (χ1v) is 7.55. The zero-order chi connectivity index (χ0) is 14.8. The minimum absolute atomic E-state index is 0.291. The summed E-state index contributed by atoms with van der Waals surface area (Å²) in [6.45, 7) is 1.99. The molecule has 108 valence electrons. The van der Waals surface area contributed by atoms with Crippen LogP contribution in [-0.4, -0.2) is 23.7 Å². The van der Waals surface area contributed by atoms with Gasteiger partial charge in [-0.3, -0.25) is 4.79 Å². The van der Waals surface area contributed by atoms with E-state index >= 15 is 0 Å². The summed E-state index contributed by atoms with van der Waals surface area (Å²) in [7, 11) is 2.15. The summed E-state index contributed by atoms with van der Waals surface area (Å²) in [5.74, 6) is 0.352. The smallest absolute Gasteiger partial charge is 0.226 e. The summed E-state index contributed by atoms with van der Waals surface area (Å²) in [6.07, 6.45) is 0.291. The predicted octanol–water partition coefficient (Wildman–Crippen LogP) is 3.57. The Kier molecular flexibility index (Phi) is 4.09. The summed E-state index contributed by atoms with van der Waals surface area (Å²) in [5.41, 5.74) is 5.02. The number of hydrogen-bond donors (Lipinski definition) is 0. The number of carbonyl (C=O) groups is 1. The molecule has 3 heteroatoms. The van der Waals surface area contributed by atoms with E-state index in [1.54, 1.807) is 0 Å². The fourth-order valence-corrected chi connectivity index (χ4v) is 3.30. The van der Waals surface area contributed by atoms with Gasteiger partial charge in [0.15, 0.2) is 0 Å².